The molecule has 0 radical (unpaired) electrons. The van der Waals surface area contributed by atoms with E-state index < -0.39 is 12.6 Å². The Balaban J connectivity index is 1.69. The van der Waals surface area contributed by atoms with Crippen molar-refractivity contribution in [2.75, 3.05) is 11.9 Å². The average molecular weight is 325 g/mol. The van der Waals surface area contributed by atoms with E-state index in [1.165, 1.54) is 12.1 Å². The molecule has 1 aliphatic rings. The van der Waals surface area contributed by atoms with Crippen LogP contribution < -0.4 is 5.32 Å². The van der Waals surface area contributed by atoms with Gasteiger partial charge in [-0.25, -0.2) is 4.79 Å². The Kier molecular flexibility index (Phi) is 4.04. The van der Waals surface area contributed by atoms with E-state index in [2.05, 4.69) is 5.32 Å². The van der Waals surface area contributed by atoms with E-state index in [4.69, 9.17) is 4.74 Å². The SMILES string of the molecule is C[C@@H]1C(=O)Nc2ccc(C(=O)COC(=O)c3ccccc3O)cc21. The van der Waals surface area contributed by atoms with E-state index in [1.807, 2.05) is 0 Å². The predicted octanol–water partition coefficient (Wildman–Crippen LogP) is 2.49. The van der Waals surface area contributed by atoms with Crippen molar-refractivity contribution in [2.24, 2.45) is 0 Å². The van der Waals surface area contributed by atoms with Crippen LogP contribution in [0.3, 0.4) is 0 Å². The van der Waals surface area contributed by atoms with Crippen molar-refractivity contribution in [1.82, 2.24) is 0 Å². The zero-order valence-electron chi connectivity index (χ0n) is 12.9. The first kappa shape index (κ1) is 15.7. The maximum atomic E-state index is 12.2. The lowest BCUT2D eigenvalue weighted by Crippen LogP contribution is -2.14. The molecule has 1 heterocycles. The van der Waals surface area contributed by atoms with Crippen LogP contribution in [-0.4, -0.2) is 29.4 Å². The van der Waals surface area contributed by atoms with Gasteiger partial charge in [0, 0.05) is 11.3 Å². The molecule has 0 fully saturated rings. The van der Waals surface area contributed by atoms with Gasteiger partial charge in [-0.3, -0.25) is 9.59 Å². The molecule has 0 spiro atoms. The third-order valence-electron chi connectivity index (χ3n) is 3.95. The summed E-state index contributed by atoms with van der Waals surface area (Å²) in [6.45, 7) is 1.31. The zero-order chi connectivity index (χ0) is 17.3. The molecular weight excluding hydrogens is 310 g/mol. The number of ether oxygens (including phenoxy) is 1. The Bertz CT molecular complexity index is 843. The lowest BCUT2D eigenvalue weighted by molar-refractivity contribution is -0.116. The third-order valence-corrected chi connectivity index (χ3v) is 3.95. The van der Waals surface area contributed by atoms with Crippen LogP contribution in [0.2, 0.25) is 0 Å². The quantitative estimate of drug-likeness (QED) is 0.665. The van der Waals surface area contributed by atoms with Gasteiger partial charge in [-0.2, -0.15) is 0 Å². The number of ketones is 1. The Labute approximate surface area is 138 Å². The Hall–Kier alpha value is -3.15. The van der Waals surface area contributed by atoms with Crippen LogP contribution in [0.25, 0.3) is 0 Å². The molecule has 1 aliphatic heterocycles. The molecule has 0 saturated heterocycles. The molecule has 24 heavy (non-hydrogen) atoms. The zero-order valence-corrected chi connectivity index (χ0v) is 12.9. The van der Waals surface area contributed by atoms with Crippen molar-refractivity contribution in [3.63, 3.8) is 0 Å². The summed E-state index contributed by atoms with van der Waals surface area (Å²) >= 11 is 0. The van der Waals surface area contributed by atoms with Gasteiger partial charge in [-0.15, -0.1) is 0 Å². The fourth-order valence-electron chi connectivity index (χ4n) is 2.53. The number of nitrogens with one attached hydrogen (secondary N) is 1. The lowest BCUT2D eigenvalue weighted by Gasteiger charge is -2.07. The predicted molar refractivity (Wildman–Crippen MR) is 86.2 cm³/mol. The minimum Gasteiger partial charge on any atom is -0.507 e. The molecule has 0 aromatic heterocycles. The van der Waals surface area contributed by atoms with Crippen LogP contribution in [-0.2, 0) is 9.53 Å². The summed E-state index contributed by atoms with van der Waals surface area (Å²) in [5.74, 6) is -1.79. The van der Waals surface area contributed by atoms with Crippen molar-refractivity contribution in [3.05, 3.63) is 59.2 Å². The number of anilines is 1. The van der Waals surface area contributed by atoms with Crippen molar-refractivity contribution in [2.45, 2.75) is 12.8 Å². The first-order valence-corrected chi connectivity index (χ1v) is 7.40. The number of hydrogen-bond acceptors (Lipinski definition) is 5. The minimum atomic E-state index is -0.771. The molecule has 6 heteroatoms. The number of esters is 1. The fourth-order valence-corrected chi connectivity index (χ4v) is 2.53. The van der Waals surface area contributed by atoms with Crippen molar-refractivity contribution >= 4 is 23.3 Å². The van der Waals surface area contributed by atoms with E-state index in [-0.39, 0.29) is 28.9 Å². The maximum Gasteiger partial charge on any atom is 0.342 e. The van der Waals surface area contributed by atoms with E-state index in [1.54, 1.807) is 37.3 Å². The number of phenols is 1. The Morgan fingerprint density at radius 1 is 1.21 bits per heavy atom. The first-order valence-electron chi connectivity index (χ1n) is 7.40. The van der Waals surface area contributed by atoms with Gasteiger partial charge in [-0.05, 0) is 42.8 Å². The van der Waals surface area contributed by atoms with Gasteiger partial charge in [0.25, 0.3) is 0 Å². The molecule has 3 rings (SSSR count). The normalized spacial score (nSPS) is 15.5. The summed E-state index contributed by atoms with van der Waals surface area (Å²) in [4.78, 5) is 35.7. The van der Waals surface area contributed by atoms with Crippen molar-refractivity contribution in [1.29, 1.82) is 0 Å². The minimum absolute atomic E-state index is 0.00247. The highest BCUT2D eigenvalue weighted by Gasteiger charge is 2.27. The number of benzene rings is 2. The molecular formula is C18H15NO5. The van der Waals surface area contributed by atoms with Crippen LogP contribution in [0, 0.1) is 0 Å². The fraction of sp³-hybridized carbons (Fsp3) is 0.167. The first-order chi connectivity index (χ1) is 11.5. The second kappa shape index (κ2) is 6.16. The number of carbonyl (C=O) groups is 3. The monoisotopic (exact) mass is 325 g/mol. The number of hydrogen-bond donors (Lipinski definition) is 2. The third kappa shape index (κ3) is 2.86. The molecule has 0 aliphatic carbocycles. The Morgan fingerprint density at radius 2 is 1.96 bits per heavy atom. The lowest BCUT2D eigenvalue weighted by atomic mass is 9.99. The number of rotatable bonds is 4. The molecule has 0 bridgehead atoms. The molecule has 122 valence electrons. The van der Waals surface area contributed by atoms with Gasteiger partial charge in [0.1, 0.15) is 11.3 Å². The summed E-state index contributed by atoms with van der Waals surface area (Å²) in [6, 6.07) is 10.8. The van der Waals surface area contributed by atoms with Gasteiger partial charge in [-0.1, -0.05) is 12.1 Å². The topological polar surface area (TPSA) is 92.7 Å². The largest absolute Gasteiger partial charge is 0.507 e. The molecule has 2 aromatic carbocycles. The van der Waals surface area contributed by atoms with E-state index in [0.717, 1.165) is 5.56 Å². The van der Waals surface area contributed by atoms with Gasteiger partial charge >= 0.3 is 5.97 Å². The highest BCUT2D eigenvalue weighted by atomic mass is 16.5. The number of carbonyl (C=O) groups excluding carboxylic acids is 3. The highest BCUT2D eigenvalue weighted by Crippen LogP contribution is 2.32. The molecule has 1 amide bonds. The van der Waals surface area contributed by atoms with Crippen molar-refractivity contribution in [3.8, 4) is 5.75 Å². The summed E-state index contributed by atoms with van der Waals surface area (Å²) in [7, 11) is 0. The number of phenolic OH excluding ortho intramolecular Hbond substituents is 1. The van der Waals surface area contributed by atoms with Gasteiger partial charge < -0.3 is 15.2 Å². The van der Waals surface area contributed by atoms with Crippen LogP contribution in [0.1, 0.15) is 39.1 Å². The second-order valence-corrected chi connectivity index (χ2v) is 5.53. The van der Waals surface area contributed by atoms with E-state index in [9.17, 15) is 19.5 Å². The molecule has 0 saturated carbocycles. The summed E-state index contributed by atoms with van der Waals surface area (Å²) in [5.41, 5.74) is 1.80. The van der Waals surface area contributed by atoms with E-state index >= 15 is 0 Å². The number of amides is 1. The summed E-state index contributed by atoms with van der Waals surface area (Å²) < 4.78 is 4.96. The smallest absolute Gasteiger partial charge is 0.342 e. The molecule has 1 atom stereocenters. The van der Waals surface area contributed by atoms with Crippen molar-refractivity contribution < 1.29 is 24.2 Å². The molecule has 6 nitrogen and oxygen atoms in total. The van der Waals surface area contributed by atoms with Gasteiger partial charge in [0.2, 0.25) is 5.91 Å². The Morgan fingerprint density at radius 3 is 2.71 bits per heavy atom. The molecule has 0 unspecified atom stereocenters. The van der Waals surface area contributed by atoms with Crippen LogP contribution in [0.5, 0.6) is 5.75 Å². The van der Waals surface area contributed by atoms with Crippen LogP contribution in [0.4, 0.5) is 5.69 Å². The number of para-hydroxylation sites is 1. The maximum absolute atomic E-state index is 12.2. The number of fused-ring (bicyclic) bond motifs is 1. The van der Waals surface area contributed by atoms with Gasteiger partial charge in [0.15, 0.2) is 12.4 Å². The highest BCUT2D eigenvalue weighted by molar-refractivity contribution is 6.05. The molecule has 2 aromatic rings. The number of aromatic hydroxyl groups is 1. The molecule has 2 N–H and O–H groups in total. The average Bonchev–Trinajstić information content (AvgIpc) is 2.87. The number of Topliss-reactive ketones (excluding diaryl/α,β-unsaturated/α-hetero) is 1. The second-order valence-electron chi connectivity index (χ2n) is 5.53. The van der Waals surface area contributed by atoms with Crippen LogP contribution >= 0.6 is 0 Å². The summed E-state index contributed by atoms with van der Waals surface area (Å²) in [5, 5.41) is 12.3. The van der Waals surface area contributed by atoms with Crippen LogP contribution in [0.15, 0.2) is 42.5 Å². The van der Waals surface area contributed by atoms with Gasteiger partial charge in [0.05, 0.1) is 5.92 Å². The summed E-state index contributed by atoms with van der Waals surface area (Å²) in [6.07, 6.45) is 0. The standard InChI is InChI=1S/C18H15NO5/c1-10-13-8-11(6-7-14(13)19-17(10)22)16(21)9-24-18(23)12-4-2-3-5-15(12)20/h2-8,10,20H,9H2,1H3,(H,19,22)/t10-/m0/s1. The van der Waals surface area contributed by atoms with E-state index in [0.29, 0.717) is 11.3 Å².